The highest BCUT2D eigenvalue weighted by Crippen LogP contribution is 2.38. The molecule has 2 aliphatic heterocycles. The van der Waals surface area contributed by atoms with Gasteiger partial charge < -0.3 is 19.5 Å². The Hall–Kier alpha value is -1.82. The van der Waals surface area contributed by atoms with Gasteiger partial charge in [0.2, 0.25) is 11.5 Å². The van der Waals surface area contributed by atoms with Crippen molar-refractivity contribution < 1.29 is 22.7 Å². The molecule has 1 aromatic heterocycles. The molecule has 1 amide bonds. The van der Waals surface area contributed by atoms with Crippen LogP contribution in [0.2, 0.25) is 0 Å². The number of hydrogen-bond donors (Lipinski definition) is 1. The summed E-state index contributed by atoms with van der Waals surface area (Å²) in [7, 11) is 0. The van der Waals surface area contributed by atoms with Crippen LogP contribution in [-0.2, 0) is 15.7 Å². The second-order valence-electron chi connectivity index (χ2n) is 8.97. The second kappa shape index (κ2) is 10.8. The Labute approximate surface area is 210 Å². The van der Waals surface area contributed by atoms with Gasteiger partial charge in [-0.15, -0.1) is 0 Å². The Balaban J connectivity index is 1.36. The topological polar surface area (TPSA) is 65.6 Å². The molecule has 10 heteroatoms. The van der Waals surface area contributed by atoms with E-state index in [4.69, 9.17) is 4.74 Å². The summed E-state index contributed by atoms with van der Waals surface area (Å²) >= 11 is 2.31. The van der Waals surface area contributed by atoms with Crippen LogP contribution in [0.25, 0.3) is 10.9 Å². The molecule has 2 saturated heterocycles. The van der Waals surface area contributed by atoms with Gasteiger partial charge in [0.15, 0.2) is 0 Å². The largest absolute Gasteiger partial charge is 0.417 e. The van der Waals surface area contributed by atoms with Gasteiger partial charge in [-0.1, -0.05) is 22.6 Å². The Bertz CT molecular complexity index is 1070. The average Bonchev–Trinajstić information content (AvgIpc) is 3.45. The van der Waals surface area contributed by atoms with E-state index in [1.54, 1.807) is 6.07 Å². The van der Waals surface area contributed by atoms with Crippen molar-refractivity contribution in [3.05, 3.63) is 40.2 Å². The molecule has 2 aliphatic rings. The summed E-state index contributed by atoms with van der Waals surface area (Å²) in [6.45, 7) is 2.79. The summed E-state index contributed by atoms with van der Waals surface area (Å²) < 4.78 is 46.7. The molecule has 3 heterocycles. The number of likely N-dealkylation sites (tertiary alicyclic amines) is 1. The van der Waals surface area contributed by atoms with E-state index in [1.165, 1.54) is 12.1 Å². The van der Waals surface area contributed by atoms with E-state index in [0.717, 1.165) is 51.6 Å². The molecule has 186 valence electrons. The first-order valence-corrected chi connectivity index (χ1v) is 13.0. The number of rotatable bonds is 8. The maximum atomic E-state index is 13.6. The SMILES string of the molecule is O=C(CCCCOC[C@H]1CC[C@@H](I)N1c1ccc2[nH]c(=O)cc(C(F)(F)F)c2c1)N1CCCC1. The zero-order valence-corrected chi connectivity index (χ0v) is 21.0. The summed E-state index contributed by atoms with van der Waals surface area (Å²) in [5.41, 5.74) is -0.835. The zero-order valence-electron chi connectivity index (χ0n) is 18.9. The third-order valence-electron chi connectivity index (χ3n) is 6.56. The molecule has 2 atom stereocenters. The van der Waals surface area contributed by atoms with Crippen LogP contribution in [0.4, 0.5) is 18.9 Å². The monoisotopic (exact) mass is 591 g/mol. The molecule has 2 fully saturated rings. The van der Waals surface area contributed by atoms with E-state index >= 15 is 0 Å². The van der Waals surface area contributed by atoms with Gasteiger partial charge in [0, 0.05) is 48.8 Å². The molecule has 0 radical (unpaired) electrons. The van der Waals surface area contributed by atoms with E-state index in [1.807, 2.05) is 4.90 Å². The summed E-state index contributed by atoms with van der Waals surface area (Å²) in [4.78, 5) is 30.3. The minimum atomic E-state index is -4.61. The third kappa shape index (κ3) is 5.87. The molecule has 0 saturated carbocycles. The first-order chi connectivity index (χ1) is 16.2. The van der Waals surface area contributed by atoms with Crippen LogP contribution >= 0.6 is 22.6 Å². The average molecular weight is 591 g/mol. The smallest absolute Gasteiger partial charge is 0.379 e. The van der Waals surface area contributed by atoms with Gasteiger partial charge in [0.25, 0.3) is 0 Å². The van der Waals surface area contributed by atoms with Gasteiger partial charge in [0.05, 0.1) is 22.3 Å². The number of hydrogen-bond acceptors (Lipinski definition) is 4. The Morgan fingerprint density at radius 1 is 1.15 bits per heavy atom. The first kappa shape index (κ1) is 25.3. The minimum Gasteiger partial charge on any atom is -0.379 e. The molecule has 1 N–H and O–H groups in total. The number of nitrogens with one attached hydrogen (secondary N) is 1. The van der Waals surface area contributed by atoms with Crippen molar-refractivity contribution in [1.82, 2.24) is 9.88 Å². The van der Waals surface area contributed by atoms with Crippen LogP contribution in [0.1, 0.15) is 50.5 Å². The van der Waals surface area contributed by atoms with Crippen LogP contribution in [0.15, 0.2) is 29.1 Å². The number of H-pyrrole nitrogens is 1. The molecule has 6 nitrogen and oxygen atoms in total. The number of fused-ring (bicyclic) bond motifs is 1. The van der Waals surface area contributed by atoms with Crippen molar-refractivity contribution in [2.45, 2.75) is 61.2 Å². The third-order valence-corrected chi connectivity index (χ3v) is 7.78. The van der Waals surface area contributed by atoms with Gasteiger partial charge in [-0.3, -0.25) is 9.59 Å². The lowest BCUT2D eigenvalue weighted by Gasteiger charge is -2.30. The van der Waals surface area contributed by atoms with E-state index in [-0.39, 0.29) is 26.9 Å². The van der Waals surface area contributed by atoms with Crippen LogP contribution in [0.5, 0.6) is 0 Å². The number of benzene rings is 1. The Morgan fingerprint density at radius 3 is 2.65 bits per heavy atom. The lowest BCUT2D eigenvalue weighted by molar-refractivity contribution is -0.136. The number of anilines is 1. The number of alkyl halides is 4. The predicted octanol–water partition coefficient (Wildman–Crippen LogP) is 5.09. The lowest BCUT2D eigenvalue weighted by atomic mass is 10.1. The molecular weight excluding hydrogens is 562 g/mol. The number of carbonyl (C=O) groups is 1. The zero-order chi connectivity index (χ0) is 24.3. The van der Waals surface area contributed by atoms with Crippen molar-refractivity contribution in [2.24, 2.45) is 0 Å². The van der Waals surface area contributed by atoms with Gasteiger partial charge in [-0.25, -0.2) is 0 Å². The number of ether oxygens (including phenoxy) is 1. The first-order valence-electron chi connectivity index (χ1n) is 11.8. The van der Waals surface area contributed by atoms with Crippen LogP contribution in [-0.4, -0.2) is 52.2 Å². The minimum absolute atomic E-state index is 0.0116. The molecular formula is C24H29F3IN3O3. The highest BCUT2D eigenvalue weighted by Gasteiger charge is 2.35. The summed E-state index contributed by atoms with van der Waals surface area (Å²) in [6, 6.07) is 5.49. The summed E-state index contributed by atoms with van der Waals surface area (Å²) in [6.07, 6.45) is 1.52. The van der Waals surface area contributed by atoms with Gasteiger partial charge in [-0.05, 0) is 56.7 Å². The van der Waals surface area contributed by atoms with E-state index in [9.17, 15) is 22.8 Å². The highest BCUT2D eigenvalue weighted by atomic mass is 127. The number of pyridine rings is 1. The Morgan fingerprint density at radius 2 is 1.91 bits per heavy atom. The second-order valence-corrected chi connectivity index (χ2v) is 10.4. The highest BCUT2D eigenvalue weighted by molar-refractivity contribution is 14.1. The van der Waals surface area contributed by atoms with E-state index in [2.05, 4.69) is 32.5 Å². The van der Waals surface area contributed by atoms with Crippen LogP contribution in [0, 0.1) is 0 Å². The molecule has 4 rings (SSSR count). The maximum Gasteiger partial charge on any atom is 0.417 e. The summed E-state index contributed by atoms with van der Waals surface area (Å²) in [5.74, 6) is 0.225. The van der Waals surface area contributed by atoms with Gasteiger partial charge in [-0.2, -0.15) is 13.2 Å². The number of carbonyl (C=O) groups excluding carboxylic acids is 1. The molecule has 0 aliphatic carbocycles. The number of nitrogens with zero attached hydrogens (tertiary/aromatic N) is 2. The predicted molar refractivity (Wildman–Crippen MR) is 133 cm³/mol. The molecule has 0 unspecified atom stereocenters. The van der Waals surface area contributed by atoms with Gasteiger partial charge >= 0.3 is 6.18 Å². The number of amides is 1. The number of halogens is 4. The Kier molecular flexibility index (Phi) is 8.06. The van der Waals surface area contributed by atoms with Crippen molar-refractivity contribution >= 4 is 45.1 Å². The van der Waals surface area contributed by atoms with Crippen LogP contribution in [0.3, 0.4) is 0 Å². The van der Waals surface area contributed by atoms with E-state index < -0.39 is 17.3 Å². The summed E-state index contributed by atoms with van der Waals surface area (Å²) in [5, 5.41) is -0.0116. The lowest BCUT2D eigenvalue weighted by Crippen LogP contribution is -2.36. The van der Waals surface area contributed by atoms with Crippen molar-refractivity contribution in [3.8, 4) is 0 Å². The standard InChI is InChI=1S/C24H29F3IN3O3/c25-24(26,27)19-14-22(32)29-20-8-6-16(13-18(19)20)31-17(7-9-21(31)28)15-34-12-4-1-5-23(33)30-10-2-3-11-30/h6,8,13-14,17,21H,1-5,7,9-12,15H2,(H,29,32)/t17-,21+/m1/s1. The molecule has 1 aromatic carbocycles. The quantitative estimate of drug-likeness (QED) is 0.201. The molecule has 2 aromatic rings. The fraction of sp³-hybridized carbons (Fsp3) is 0.583. The molecule has 0 bridgehead atoms. The number of aromatic amines is 1. The van der Waals surface area contributed by atoms with E-state index in [0.29, 0.717) is 31.4 Å². The fourth-order valence-corrected chi connectivity index (χ4v) is 5.97. The fourth-order valence-electron chi connectivity index (χ4n) is 4.83. The molecule has 34 heavy (non-hydrogen) atoms. The van der Waals surface area contributed by atoms with Crippen LogP contribution < -0.4 is 10.5 Å². The molecule has 0 spiro atoms. The number of unbranched alkanes of at least 4 members (excludes halogenated alkanes) is 1. The van der Waals surface area contributed by atoms with Gasteiger partial charge in [0.1, 0.15) is 0 Å². The maximum absolute atomic E-state index is 13.6. The van der Waals surface area contributed by atoms with Crippen molar-refractivity contribution in [3.63, 3.8) is 0 Å². The van der Waals surface area contributed by atoms with Crippen molar-refractivity contribution in [2.75, 3.05) is 31.2 Å². The number of aromatic nitrogens is 1. The normalized spacial score (nSPS) is 21.1. The van der Waals surface area contributed by atoms with Crippen molar-refractivity contribution in [1.29, 1.82) is 0 Å².